The van der Waals surface area contributed by atoms with Gasteiger partial charge in [-0.3, -0.25) is 4.79 Å². The van der Waals surface area contributed by atoms with Crippen molar-refractivity contribution in [2.75, 3.05) is 0 Å². The number of rotatable bonds is 3. The van der Waals surface area contributed by atoms with Gasteiger partial charge in [0.05, 0.1) is 0 Å². The fourth-order valence-electron chi connectivity index (χ4n) is 1.42. The summed E-state index contributed by atoms with van der Waals surface area (Å²) in [5.41, 5.74) is 0.934. The Morgan fingerprint density at radius 2 is 1.88 bits per heavy atom. The van der Waals surface area contributed by atoms with Crippen molar-refractivity contribution in [3.63, 3.8) is 0 Å². The molecule has 0 atom stereocenters. The zero-order valence-electron chi connectivity index (χ0n) is 8.24. The van der Waals surface area contributed by atoms with Gasteiger partial charge < -0.3 is 0 Å². The first kappa shape index (κ1) is 11.0. The van der Waals surface area contributed by atoms with Gasteiger partial charge >= 0.3 is 0 Å². The number of Topliss-reactive ketones (excluding diaryl/α,β-unsaturated/α-hetero) is 1. The normalized spacial score (nSPS) is 10.4. The lowest BCUT2D eigenvalue weighted by molar-refractivity contribution is 0.0993. The minimum Gasteiger partial charge on any atom is -0.294 e. The Hall–Kier alpha value is -1.55. The standard InChI is InChI=1S/C12H8F2OS/c13-10-3-8(4-11(14)6-10)5-12(15)9-1-2-16-7-9/h1-4,6-7H,5H2. The van der Waals surface area contributed by atoms with Gasteiger partial charge in [-0.25, -0.2) is 8.78 Å². The van der Waals surface area contributed by atoms with Crippen LogP contribution in [0.1, 0.15) is 15.9 Å². The summed E-state index contributed by atoms with van der Waals surface area (Å²) < 4.78 is 25.7. The maximum Gasteiger partial charge on any atom is 0.168 e. The van der Waals surface area contributed by atoms with E-state index in [1.165, 1.54) is 23.5 Å². The third-order valence-electron chi connectivity index (χ3n) is 2.13. The summed E-state index contributed by atoms with van der Waals surface area (Å²) in [6.07, 6.45) is 0.0193. The van der Waals surface area contributed by atoms with E-state index in [0.29, 0.717) is 11.1 Å². The van der Waals surface area contributed by atoms with Crippen LogP contribution >= 0.6 is 11.3 Å². The first-order valence-corrected chi connectivity index (χ1v) is 5.60. The SMILES string of the molecule is O=C(Cc1cc(F)cc(F)c1)c1ccsc1. The van der Waals surface area contributed by atoms with Crippen molar-refractivity contribution in [3.8, 4) is 0 Å². The molecule has 1 nitrogen and oxygen atoms in total. The molecule has 0 spiro atoms. The Kier molecular flexibility index (Phi) is 3.10. The molecular formula is C12H8F2OS. The summed E-state index contributed by atoms with van der Waals surface area (Å²) in [5.74, 6) is -1.45. The van der Waals surface area contributed by atoms with Crippen LogP contribution in [-0.4, -0.2) is 5.78 Å². The lowest BCUT2D eigenvalue weighted by Gasteiger charge is -2.00. The summed E-state index contributed by atoms with van der Waals surface area (Å²) in [6.45, 7) is 0. The van der Waals surface area contributed by atoms with Gasteiger partial charge in [0.2, 0.25) is 0 Å². The molecule has 2 rings (SSSR count). The molecule has 0 amide bonds. The molecule has 1 aromatic carbocycles. The molecule has 4 heteroatoms. The number of ketones is 1. The molecule has 0 aliphatic carbocycles. The number of hydrogen-bond acceptors (Lipinski definition) is 2. The molecule has 2 aromatic rings. The minimum atomic E-state index is -0.659. The molecule has 0 radical (unpaired) electrons. The Morgan fingerprint density at radius 1 is 1.19 bits per heavy atom. The third-order valence-corrected chi connectivity index (χ3v) is 2.81. The first-order chi connectivity index (χ1) is 7.65. The second kappa shape index (κ2) is 4.53. The molecule has 0 saturated heterocycles. The monoisotopic (exact) mass is 238 g/mol. The van der Waals surface area contributed by atoms with E-state index >= 15 is 0 Å². The van der Waals surface area contributed by atoms with Crippen molar-refractivity contribution in [1.29, 1.82) is 0 Å². The highest BCUT2D eigenvalue weighted by Gasteiger charge is 2.09. The fraction of sp³-hybridized carbons (Fsp3) is 0.0833. The van der Waals surface area contributed by atoms with Gasteiger partial charge in [0.15, 0.2) is 5.78 Å². The maximum atomic E-state index is 12.9. The van der Waals surface area contributed by atoms with Gasteiger partial charge in [0.25, 0.3) is 0 Å². The Labute approximate surface area is 95.4 Å². The predicted molar refractivity (Wildman–Crippen MR) is 58.7 cm³/mol. The van der Waals surface area contributed by atoms with Crippen molar-refractivity contribution >= 4 is 17.1 Å². The highest BCUT2D eigenvalue weighted by atomic mass is 32.1. The molecule has 1 heterocycles. The summed E-state index contributed by atoms with van der Waals surface area (Å²) in [6, 6.07) is 4.84. The Bertz CT molecular complexity index is 485. The van der Waals surface area contributed by atoms with Crippen molar-refractivity contribution in [3.05, 3.63) is 57.8 Å². The van der Waals surface area contributed by atoms with E-state index in [-0.39, 0.29) is 12.2 Å². The lowest BCUT2D eigenvalue weighted by Crippen LogP contribution is -2.02. The second-order valence-corrected chi connectivity index (χ2v) is 4.17. The van der Waals surface area contributed by atoms with E-state index in [1.807, 2.05) is 0 Å². The van der Waals surface area contributed by atoms with E-state index in [4.69, 9.17) is 0 Å². The topological polar surface area (TPSA) is 17.1 Å². The average Bonchev–Trinajstić information content (AvgIpc) is 2.68. The number of benzene rings is 1. The van der Waals surface area contributed by atoms with Crippen LogP contribution in [-0.2, 0) is 6.42 Å². The molecule has 0 fully saturated rings. The van der Waals surface area contributed by atoms with E-state index in [0.717, 1.165) is 6.07 Å². The largest absolute Gasteiger partial charge is 0.294 e. The predicted octanol–water partition coefficient (Wildman–Crippen LogP) is 3.45. The van der Waals surface area contributed by atoms with Crippen molar-refractivity contribution < 1.29 is 13.6 Å². The van der Waals surface area contributed by atoms with Crippen LogP contribution in [0.25, 0.3) is 0 Å². The van der Waals surface area contributed by atoms with Crippen LogP contribution in [0.2, 0.25) is 0 Å². The maximum absolute atomic E-state index is 12.9. The summed E-state index contributed by atoms with van der Waals surface area (Å²) in [7, 11) is 0. The summed E-state index contributed by atoms with van der Waals surface area (Å²) >= 11 is 1.42. The van der Waals surface area contributed by atoms with Crippen LogP contribution in [0.4, 0.5) is 8.78 Å². The van der Waals surface area contributed by atoms with E-state index in [2.05, 4.69) is 0 Å². The molecule has 0 aliphatic rings. The van der Waals surface area contributed by atoms with E-state index in [1.54, 1.807) is 16.8 Å². The smallest absolute Gasteiger partial charge is 0.168 e. The lowest BCUT2D eigenvalue weighted by atomic mass is 10.1. The first-order valence-electron chi connectivity index (χ1n) is 4.65. The zero-order chi connectivity index (χ0) is 11.5. The van der Waals surface area contributed by atoms with Crippen molar-refractivity contribution in [2.45, 2.75) is 6.42 Å². The van der Waals surface area contributed by atoms with Gasteiger partial charge in [0, 0.05) is 23.4 Å². The molecule has 0 bridgehead atoms. The van der Waals surface area contributed by atoms with Crippen LogP contribution in [0, 0.1) is 11.6 Å². The highest BCUT2D eigenvalue weighted by Crippen LogP contribution is 2.13. The van der Waals surface area contributed by atoms with Gasteiger partial charge in [-0.1, -0.05) is 0 Å². The van der Waals surface area contributed by atoms with Gasteiger partial charge in [-0.05, 0) is 29.1 Å². The van der Waals surface area contributed by atoms with Crippen LogP contribution in [0.15, 0.2) is 35.0 Å². The molecule has 0 N–H and O–H groups in total. The van der Waals surface area contributed by atoms with Crippen molar-refractivity contribution in [1.82, 2.24) is 0 Å². The van der Waals surface area contributed by atoms with Gasteiger partial charge in [-0.15, -0.1) is 0 Å². The Balaban J connectivity index is 2.18. The molecule has 1 aromatic heterocycles. The number of thiophene rings is 1. The number of halogens is 2. The van der Waals surface area contributed by atoms with Crippen LogP contribution in [0.5, 0.6) is 0 Å². The van der Waals surface area contributed by atoms with E-state index < -0.39 is 11.6 Å². The molecular weight excluding hydrogens is 230 g/mol. The zero-order valence-corrected chi connectivity index (χ0v) is 9.06. The summed E-state index contributed by atoms with van der Waals surface area (Å²) in [5, 5.41) is 3.51. The van der Waals surface area contributed by atoms with Crippen molar-refractivity contribution in [2.24, 2.45) is 0 Å². The quantitative estimate of drug-likeness (QED) is 0.748. The Morgan fingerprint density at radius 3 is 2.44 bits per heavy atom. The second-order valence-electron chi connectivity index (χ2n) is 3.39. The third kappa shape index (κ3) is 2.52. The van der Waals surface area contributed by atoms with Crippen LogP contribution < -0.4 is 0 Å². The molecule has 0 unspecified atom stereocenters. The molecule has 0 saturated carbocycles. The summed E-state index contributed by atoms with van der Waals surface area (Å²) in [4.78, 5) is 11.7. The number of carbonyl (C=O) groups is 1. The molecule has 0 aliphatic heterocycles. The fourth-order valence-corrected chi connectivity index (χ4v) is 2.08. The highest BCUT2D eigenvalue weighted by molar-refractivity contribution is 7.08. The molecule has 16 heavy (non-hydrogen) atoms. The van der Waals surface area contributed by atoms with E-state index in [9.17, 15) is 13.6 Å². The average molecular weight is 238 g/mol. The minimum absolute atomic E-state index is 0.0193. The van der Waals surface area contributed by atoms with Crippen LogP contribution in [0.3, 0.4) is 0 Å². The number of carbonyl (C=O) groups excluding carboxylic acids is 1. The van der Waals surface area contributed by atoms with Gasteiger partial charge in [0.1, 0.15) is 11.6 Å². The van der Waals surface area contributed by atoms with Gasteiger partial charge in [-0.2, -0.15) is 11.3 Å². The number of hydrogen-bond donors (Lipinski definition) is 0. The molecule has 82 valence electrons.